The summed E-state index contributed by atoms with van der Waals surface area (Å²) in [7, 11) is 0. The number of thioether (sulfide) groups is 1. The number of nitrogens with zero attached hydrogens (tertiary/aromatic N) is 3. The van der Waals surface area contributed by atoms with Gasteiger partial charge in [0.15, 0.2) is 5.17 Å². The lowest BCUT2D eigenvalue weighted by Crippen LogP contribution is -2.31. The molecule has 6 heteroatoms. The van der Waals surface area contributed by atoms with Gasteiger partial charge in [-0.2, -0.15) is 0 Å². The van der Waals surface area contributed by atoms with Crippen LogP contribution in [-0.2, 0) is 11.2 Å². The summed E-state index contributed by atoms with van der Waals surface area (Å²) in [5, 5.41) is 1.93. The summed E-state index contributed by atoms with van der Waals surface area (Å²) >= 11 is 1.46. The van der Waals surface area contributed by atoms with Crippen molar-refractivity contribution in [1.29, 1.82) is 0 Å². The number of carbonyl (C=O) groups is 1. The Labute approximate surface area is 221 Å². The quantitative estimate of drug-likeness (QED) is 0.289. The van der Waals surface area contributed by atoms with Crippen LogP contribution < -0.4 is 4.90 Å². The number of anilines is 1. The number of fused-ring (bicyclic) bond motifs is 1. The standard InChI is InChI=1S/C31H30N4OS/c1-22-19-26(34-16-7-8-17-34)14-13-23(22)20-29-30(36)35(31(37-29)33-25-9-3-2-4-10-25)18-15-24-21-32-28-12-6-5-11-27(24)28/h2-6,9-14,19-21,32H,7-8,15-18H2,1H3. The minimum atomic E-state index is 0.0162. The number of para-hydroxylation sites is 2. The number of carbonyl (C=O) groups excluding carboxylic acids is 1. The van der Waals surface area contributed by atoms with Crippen LogP contribution in [0.2, 0.25) is 0 Å². The molecule has 0 radical (unpaired) electrons. The van der Waals surface area contributed by atoms with Crippen molar-refractivity contribution in [1.82, 2.24) is 9.88 Å². The Morgan fingerprint density at radius 3 is 2.59 bits per heavy atom. The number of aryl methyl sites for hydroxylation is 1. The average molecular weight is 507 g/mol. The lowest BCUT2D eigenvalue weighted by atomic mass is 10.1. The molecule has 1 amide bonds. The molecule has 2 fully saturated rings. The summed E-state index contributed by atoms with van der Waals surface area (Å²) in [6, 6.07) is 24.7. The first-order valence-electron chi connectivity index (χ1n) is 12.9. The lowest BCUT2D eigenvalue weighted by molar-refractivity contribution is -0.122. The molecule has 5 nitrogen and oxygen atoms in total. The van der Waals surface area contributed by atoms with Gasteiger partial charge in [-0.1, -0.05) is 42.5 Å². The number of amides is 1. The number of aliphatic imine (C=N–C) groups is 1. The van der Waals surface area contributed by atoms with E-state index in [1.54, 1.807) is 0 Å². The van der Waals surface area contributed by atoms with Gasteiger partial charge in [-0.15, -0.1) is 0 Å². The molecule has 0 saturated carbocycles. The highest BCUT2D eigenvalue weighted by atomic mass is 32.2. The monoisotopic (exact) mass is 506 g/mol. The molecule has 0 spiro atoms. The van der Waals surface area contributed by atoms with Gasteiger partial charge < -0.3 is 9.88 Å². The number of rotatable bonds is 6. The molecule has 2 saturated heterocycles. The number of hydrogen-bond donors (Lipinski definition) is 1. The number of amidine groups is 1. The molecule has 2 aliphatic heterocycles. The van der Waals surface area contributed by atoms with Gasteiger partial charge >= 0.3 is 0 Å². The van der Waals surface area contributed by atoms with Crippen LogP contribution >= 0.6 is 11.8 Å². The molecule has 37 heavy (non-hydrogen) atoms. The van der Waals surface area contributed by atoms with E-state index < -0.39 is 0 Å². The molecule has 2 aliphatic rings. The van der Waals surface area contributed by atoms with Crippen LogP contribution in [0.25, 0.3) is 17.0 Å². The van der Waals surface area contributed by atoms with Crippen LogP contribution in [-0.4, -0.2) is 40.6 Å². The maximum Gasteiger partial charge on any atom is 0.266 e. The zero-order valence-corrected chi connectivity index (χ0v) is 21.8. The van der Waals surface area contributed by atoms with Crippen LogP contribution in [0.3, 0.4) is 0 Å². The molecule has 0 aliphatic carbocycles. The SMILES string of the molecule is Cc1cc(N2CCCC2)ccc1C=C1SC(=Nc2ccccc2)N(CCc2c[nH]c3ccccc23)C1=O. The summed E-state index contributed by atoms with van der Waals surface area (Å²) < 4.78 is 0. The summed E-state index contributed by atoms with van der Waals surface area (Å²) in [4.78, 5) is 26.9. The van der Waals surface area contributed by atoms with Crippen molar-refractivity contribution in [3.8, 4) is 0 Å². The highest BCUT2D eigenvalue weighted by Gasteiger charge is 2.33. The molecule has 4 aromatic rings. The van der Waals surface area contributed by atoms with Gasteiger partial charge in [0.05, 0.1) is 10.6 Å². The minimum Gasteiger partial charge on any atom is -0.372 e. The van der Waals surface area contributed by atoms with Crippen molar-refractivity contribution >= 4 is 51.2 Å². The molecule has 1 aromatic heterocycles. The summed E-state index contributed by atoms with van der Waals surface area (Å²) in [6.07, 6.45) is 7.35. The highest BCUT2D eigenvalue weighted by Crippen LogP contribution is 2.35. The number of aromatic amines is 1. The number of benzene rings is 3. The van der Waals surface area contributed by atoms with E-state index in [1.165, 1.54) is 46.8 Å². The Balaban J connectivity index is 1.29. The molecule has 3 aromatic carbocycles. The van der Waals surface area contributed by atoms with E-state index in [1.807, 2.05) is 47.4 Å². The second kappa shape index (κ2) is 10.3. The molecule has 0 unspecified atom stereocenters. The van der Waals surface area contributed by atoms with Crippen LogP contribution in [0, 0.1) is 6.92 Å². The third-order valence-electron chi connectivity index (χ3n) is 7.16. The lowest BCUT2D eigenvalue weighted by Gasteiger charge is -2.18. The van der Waals surface area contributed by atoms with E-state index in [2.05, 4.69) is 59.4 Å². The zero-order chi connectivity index (χ0) is 25.2. The first-order chi connectivity index (χ1) is 18.2. The van der Waals surface area contributed by atoms with Crippen molar-refractivity contribution in [3.05, 3.63) is 101 Å². The van der Waals surface area contributed by atoms with Gasteiger partial charge in [-0.3, -0.25) is 9.69 Å². The predicted molar refractivity (Wildman–Crippen MR) is 155 cm³/mol. The number of nitrogens with one attached hydrogen (secondary N) is 1. The third kappa shape index (κ3) is 4.94. The van der Waals surface area contributed by atoms with Gasteiger partial charge in [-0.05, 0) is 91.0 Å². The van der Waals surface area contributed by atoms with E-state index in [0.29, 0.717) is 11.4 Å². The van der Waals surface area contributed by atoms with Crippen molar-refractivity contribution < 1.29 is 4.79 Å². The van der Waals surface area contributed by atoms with Gasteiger partial charge in [0.2, 0.25) is 0 Å². The normalized spacial score (nSPS) is 18.1. The van der Waals surface area contributed by atoms with Crippen LogP contribution in [0.1, 0.15) is 29.5 Å². The number of hydrogen-bond acceptors (Lipinski definition) is 4. The first kappa shape index (κ1) is 23.6. The van der Waals surface area contributed by atoms with Gasteiger partial charge in [-0.25, -0.2) is 4.99 Å². The van der Waals surface area contributed by atoms with Crippen LogP contribution in [0.5, 0.6) is 0 Å². The topological polar surface area (TPSA) is 51.7 Å². The molecule has 186 valence electrons. The average Bonchev–Trinajstić information content (AvgIpc) is 3.66. The summed E-state index contributed by atoms with van der Waals surface area (Å²) in [6.45, 7) is 4.95. The van der Waals surface area contributed by atoms with E-state index in [9.17, 15) is 4.79 Å². The molecule has 6 rings (SSSR count). The Bertz CT molecular complexity index is 1500. The van der Waals surface area contributed by atoms with Crippen molar-refractivity contribution in [2.45, 2.75) is 26.2 Å². The fraction of sp³-hybridized carbons (Fsp3) is 0.226. The summed E-state index contributed by atoms with van der Waals surface area (Å²) in [5.74, 6) is 0.0162. The van der Waals surface area contributed by atoms with Crippen LogP contribution in [0.4, 0.5) is 11.4 Å². The predicted octanol–water partition coefficient (Wildman–Crippen LogP) is 6.92. The van der Waals surface area contributed by atoms with Gasteiger partial charge in [0.25, 0.3) is 5.91 Å². The molecule has 0 bridgehead atoms. The zero-order valence-electron chi connectivity index (χ0n) is 21.0. The second-order valence-electron chi connectivity index (χ2n) is 9.64. The van der Waals surface area contributed by atoms with E-state index in [4.69, 9.17) is 4.99 Å². The molecule has 3 heterocycles. The Morgan fingerprint density at radius 2 is 1.78 bits per heavy atom. The maximum atomic E-state index is 13.7. The smallest absolute Gasteiger partial charge is 0.266 e. The fourth-order valence-electron chi connectivity index (χ4n) is 5.11. The summed E-state index contributed by atoms with van der Waals surface area (Å²) in [5.41, 5.74) is 6.71. The Kier molecular flexibility index (Phi) is 6.58. The molecule has 0 atom stereocenters. The number of aromatic nitrogens is 1. The fourth-order valence-corrected chi connectivity index (χ4v) is 6.12. The Hall–Kier alpha value is -3.77. The Morgan fingerprint density at radius 1 is 1.00 bits per heavy atom. The highest BCUT2D eigenvalue weighted by molar-refractivity contribution is 8.18. The third-order valence-corrected chi connectivity index (χ3v) is 8.17. The van der Waals surface area contributed by atoms with Gasteiger partial charge in [0, 0.05) is 42.4 Å². The first-order valence-corrected chi connectivity index (χ1v) is 13.7. The maximum absolute atomic E-state index is 13.7. The van der Waals surface area contributed by atoms with Crippen molar-refractivity contribution in [2.75, 3.05) is 24.5 Å². The molecule has 1 N–H and O–H groups in total. The van der Waals surface area contributed by atoms with Gasteiger partial charge in [0.1, 0.15) is 0 Å². The minimum absolute atomic E-state index is 0.0162. The van der Waals surface area contributed by atoms with Crippen molar-refractivity contribution in [3.63, 3.8) is 0 Å². The van der Waals surface area contributed by atoms with E-state index >= 15 is 0 Å². The molecular weight excluding hydrogens is 476 g/mol. The number of H-pyrrole nitrogens is 1. The van der Waals surface area contributed by atoms with Crippen LogP contribution in [0.15, 0.2) is 88.9 Å². The second-order valence-corrected chi connectivity index (χ2v) is 10.7. The van der Waals surface area contributed by atoms with E-state index in [-0.39, 0.29) is 5.91 Å². The van der Waals surface area contributed by atoms with Crippen molar-refractivity contribution in [2.24, 2.45) is 4.99 Å². The van der Waals surface area contributed by atoms with E-state index in [0.717, 1.165) is 41.4 Å². The molecular formula is C31H30N4OS. The largest absolute Gasteiger partial charge is 0.372 e.